The minimum Gasteiger partial charge on any atom is -0.497 e. The van der Waals surface area contributed by atoms with E-state index in [-0.39, 0.29) is 0 Å². The van der Waals surface area contributed by atoms with Crippen molar-refractivity contribution in [1.82, 2.24) is 15.1 Å². The third kappa shape index (κ3) is 4.47. The number of nitrogens with one attached hydrogen (secondary N) is 2. The van der Waals surface area contributed by atoms with Gasteiger partial charge in [0.15, 0.2) is 0 Å². The average Bonchev–Trinajstić information content (AvgIpc) is 2.97. The predicted octanol–water partition coefficient (Wildman–Crippen LogP) is 3.65. The second-order valence-corrected chi connectivity index (χ2v) is 6.12. The molecule has 2 amide bonds. The number of anilines is 1. The molecule has 26 heavy (non-hydrogen) atoms. The van der Waals surface area contributed by atoms with Gasteiger partial charge < -0.3 is 15.4 Å². The van der Waals surface area contributed by atoms with Gasteiger partial charge in [-0.2, -0.15) is 18.3 Å². The van der Waals surface area contributed by atoms with Gasteiger partial charge in [-0.1, -0.05) is 0 Å². The number of halogens is 3. The van der Waals surface area contributed by atoms with Gasteiger partial charge in [-0.3, -0.25) is 4.68 Å². The van der Waals surface area contributed by atoms with E-state index in [0.29, 0.717) is 30.0 Å². The summed E-state index contributed by atoms with van der Waals surface area (Å²) in [6.07, 6.45) is -0.850. The summed E-state index contributed by atoms with van der Waals surface area (Å²) in [6, 6.07) is 5.98. The van der Waals surface area contributed by atoms with Crippen molar-refractivity contribution < 1.29 is 22.7 Å². The number of alkyl halides is 3. The van der Waals surface area contributed by atoms with Crippen LogP contribution in [0.15, 0.2) is 30.5 Å². The monoisotopic (exact) mass is 368 g/mol. The molecular formula is C17H19F3N4O2. The van der Waals surface area contributed by atoms with Gasteiger partial charge in [0, 0.05) is 11.9 Å². The SMILES string of the molecule is COc1ccc(NC(=O)N[C@H]2CCCc3cn(CC(F)(F)F)nc32)cc1. The fourth-order valence-electron chi connectivity index (χ4n) is 3.00. The van der Waals surface area contributed by atoms with Gasteiger partial charge in [0.25, 0.3) is 0 Å². The number of methoxy groups -OCH3 is 1. The van der Waals surface area contributed by atoms with Gasteiger partial charge in [0.2, 0.25) is 0 Å². The minimum absolute atomic E-state index is 0.411. The normalized spacial score (nSPS) is 16.7. The number of urea groups is 1. The molecule has 1 atom stereocenters. The van der Waals surface area contributed by atoms with Crippen LogP contribution < -0.4 is 15.4 Å². The maximum absolute atomic E-state index is 12.6. The van der Waals surface area contributed by atoms with E-state index in [1.54, 1.807) is 31.4 Å². The summed E-state index contributed by atoms with van der Waals surface area (Å²) in [5.74, 6) is 0.670. The molecule has 1 aliphatic carbocycles. The van der Waals surface area contributed by atoms with E-state index in [2.05, 4.69) is 15.7 Å². The maximum atomic E-state index is 12.6. The van der Waals surface area contributed by atoms with Crippen LogP contribution in [0.3, 0.4) is 0 Å². The highest BCUT2D eigenvalue weighted by molar-refractivity contribution is 5.89. The quantitative estimate of drug-likeness (QED) is 0.866. The van der Waals surface area contributed by atoms with Crippen molar-refractivity contribution in [1.29, 1.82) is 0 Å². The van der Waals surface area contributed by atoms with E-state index in [4.69, 9.17) is 4.74 Å². The Balaban J connectivity index is 1.66. The van der Waals surface area contributed by atoms with Crippen molar-refractivity contribution in [3.8, 4) is 5.75 Å². The molecule has 9 heteroatoms. The minimum atomic E-state index is -4.33. The largest absolute Gasteiger partial charge is 0.497 e. The van der Waals surface area contributed by atoms with Crippen molar-refractivity contribution >= 4 is 11.7 Å². The van der Waals surface area contributed by atoms with Gasteiger partial charge in [-0.15, -0.1) is 0 Å². The van der Waals surface area contributed by atoms with Gasteiger partial charge >= 0.3 is 12.2 Å². The smallest absolute Gasteiger partial charge is 0.408 e. The second kappa shape index (κ2) is 7.27. The van der Waals surface area contributed by atoms with E-state index < -0.39 is 24.8 Å². The number of fused-ring (bicyclic) bond motifs is 1. The summed E-state index contributed by atoms with van der Waals surface area (Å²) < 4.78 is 43.6. The van der Waals surface area contributed by atoms with Crippen molar-refractivity contribution in [2.45, 2.75) is 38.0 Å². The zero-order valence-electron chi connectivity index (χ0n) is 14.1. The molecule has 140 valence electrons. The third-order valence-electron chi connectivity index (χ3n) is 4.13. The lowest BCUT2D eigenvalue weighted by Gasteiger charge is -2.22. The standard InChI is InChI=1S/C17H19F3N4O2/c1-26-13-7-5-12(6-8-13)21-16(25)22-14-4-2-3-11-9-24(23-15(11)14)10-17(18,19)20/h5-9,14H,2-4,10H2,1H3,(H2,21,22,25)/t14-/m0/s1. The summed E-state index contributed by atoms with van der Waals surface area (Å²) in [5, 5.41) is 9.52. The summed E-state index contributed by atoms with van der Waals surface area (Å²) in [7, 11) is 1.55. The number of rotatable bonds is 4. The number of nitrogens with zero attached hydrogens (tertiary/aromatic N) is 2. The highest BCUT2D eigenvalue weighted by atomic mass is 19.4. The molecule has 0 saturated heterocycles. The lowest BCUT2D eigenvalue weighted by atomic mass is 9.94. The van der Waals surface area contributed by atoms with Crippen LogP contribution in [0.4, 0.5) is 23.7 Å². The molecule has 1 aliphatic rings. The molecule has 0 spiro atoms. The van der Waals surface area contributed by atoms with Crippen LogP contribution in [0.1, 0.15) is 30.1 Å². The zero-order valence-corrected chi connectivity index (χ0v) is 14.1. The van der Waals surface area contributed by atoms with Gasteiger partial charge in [-0.05, 0) is 49.1 Å². The first-order valence-electron chi connectivity index (χ1n) is 8.18. The molecule has 0 fully saturated rings. The number of carbonyl (C=O) groups excluding carboxylic acids is 1. The van der Waals surface area contributed by atoms with Crippen molar-refractivity contribution in [2.75, 3.05) is 12.4 Å². The fourth-order valence-corrected chi connectivity index (χ4v) is 3.00. The molecule has 2 N–H and O–H groups in total. The number of hydrogen-bond acceptors (Lipinski definition) is 3. The Labute approximate surface area is 148 Å². The van der Waals surface area contributed by atoms with Crippen LogP contribution in [-0.2, 0) is 13.0 Å². The molecule has 1 heterocycles. The van der Waals surface area contributed by atoms with Crippen LogP contribution in [0.5, 0.6) is 5.75 Å². The number of carbonyl (C=O) groups is 1. The van der Waals surface area contributed by atoms with Crippen LogP contribution in [0, 0.1) is 0 Å². The molecule has 0 radical (unpaired) electrons. The highest BCUT2D eigenvalue weighted by Crippen LogP contribution is 2.29. The molecular weight excluding hydrogens is 349 g/mol. The Morgan fingerprint density at radius 1 is 1.35 bits per heavy atom. The first kappa shape index (κ1) is 18.1. The molecule has 6 nitrogen and oxygen atoms in total. The number of benzene rings is 1. The summed E-state index contributed by atoms with van der Waals surface area (Å²) >= 11 is 0. The number of ether oxygens (including phenoxy) is 1. The van der Waals surface area contributed by atoms with E-state index in [1.807, 2.05) is 0 Å². The van der Waals surface area contributed by atoms with Gasteiger partial charge in [0.05, 0.1) is 18.8 Å². The number of aromatic nitrogens is 2. The van der Waals surface area contributed by atoms with Crippen molar-refractivity contribution in [3.63, 3.8) is 0 Å². The number of hydrogen-bond donors (Lipinski definition) is 2. The van der Waals surface area contributed by atoms with Crippen LogP contribution in [0.25, 0.3) is 0 Å². The lowest BCUT2D eigenvalue weighted by Crippen LogP contribution is -2.34. The topological polar surface area (TPSA) is 68.2 Å². The first-order chi connectivity index (χ1) is 12.3. The maximum Gasteiger partial charge on any atom is 0.408 e. The molecule has 0 aliphatic heterocycles. The van der Waals surface area contributed by atoms with Crippen LogP contribution >= 0.6 is 0 Å². The van der Waals surface area contributed by atoms with E-state index in [0.717, 1.165) is 16.7 Å². The Bertz CT molecular complexity index is 771. The molecule has 0 unspecified atom stereocenters. The zero-order chi connectivity index (χ0) is 18.7. The average molecular weight is 368 g/mol. The molecule has 0 bridgehead atoms. The molecule has 0 saturated carbocycles. The molecule has 2 aromatic rings. The third-order valence-corrected chi connectivity index (χ3v) is 4.13. The summed E-state index contributed by atoms with van der Waals surface area (Å²) in [6.45, 7) is -1.13. The Morgan fingerprint density at radius 3 is 2.73 bits per heavy atom. The van der Waals surface area contributed by atoms with Crippen LogP contribution in [-0.4, -0.2) is 29.1 Å². The van der Waals surface area contributed by atoms with E-state index in [9.17, 15) is 18.0 Å². The Kier molecular flexibility index (Phi) is 5.06. The van der Waals surface area contributed by atoms with E-state index >= 15 is 0 Å². The van der Waals surface area contributed by atoms with Crippen molar-refractivity contribution in [3.05, 3.63) is 41.7 Å². The summed E-state index contributed by atoms with van der Waals surface area (Å²) in [4.78, 5) is 12.2. The highest BCUT2D eigenvalue weighted by Gasteiger charge is 2.31. The Hall–Kier alpha value is -2.71. The van der Waals surface area contributed by atoms with Gasteiger partial charge in [0.1, 0.15) is 12.3 Å². The lowest BCUT2D eigenvalue weighted by molar-refractivity contribution is -0.142. The second-order valence-electron chi connectivity index (χ2n) is 6.12. The van der Waals surface area contributed by atoms with Crippen molar-refractivity contribution in [2.24, 2.45) is 0 Å². The first-order valence-corrected chi connectivity index (χ1v) is 8.18. The fraction of sp³-hybridized carbons (Fsp3) is 0.412. The molecule has 1 aromatic carbocycles. The summed E-state index contributed by atoms with van der Waals surface area (Å²) in [5.41, 5.74) is 1.84. The molecule has 1 aromatic heterocycles. The predicted molar refractivity (Wildman–Crippen MR) is 89.1 cm³/mol. The number of aryl methyl sites for hydroxylation is 1. The Morgan fingerprint density at radius 2 is 2.08 bits per heavy atom. The van der Waals surface area contributed by atoms with Gasteiger partial charge in [-0.25, -0.2) is 4.79 Å². The number of amides is 2. The molecule has 3 rings (SSSR count). The van der Waals surface area contributed by atoms with E-state index in [1.165, 1.54) is 6.20 Å². The van der Waals surface area contributed by atoms with Crippen LogP contribution in [0.2, 0.25) is 0 Å².